The maximum absolute atomic E-state index is 13.0. The van der Waals surface area contributed by atoms with Gasteiger partial charge in [-0.25, -0.2) is 4.98 Å². The second kappa shape index (κ2) is 7.71. The first-order valence-electron chi connectivity index (χ1n) is 8.94. The van der Waals surface area contributed by atoms with E-state index in [-0.39, 0.29) is 5.56 Å². The molecule has 0 amide bonds. The third kappa shape index (κ3) is 3.57. The summed E-state index contributed by atoms with van der Waals surface area (Å²) in [6, 6.07) is 20.5. The zero-order valence-electron chi connectivity index (χ0n) is 15.3. The Morgan fingerprint density at radius 2 is 1.81 bits per heavy atom. The number of thiophene rings is 1. The summed E-state index contributed by atoms with van der Waals surface area (Å²) in [6.45, 7) is 4.74. The van der Waals surface area contributed by atoms with Crippen LogP contribution in [0, 0.1) is 6.92 Å². The lowest BCUT2D eigenvalue weighted by Crippen LogP contribution is -2.21. The number of benzene rings is 2. The number of fused-ring (bicyclic) bond motifs is 1. The first-order valence-corrected chi connectivity index (χ1v) is 10.7. The van der Waals surface area contributed by atoms with Crippen molar-refractivity contribution >= 4 is 33.3 Å². The molecule has 136 valence electrons. The van der Waals surface area contributed by atoms with Gasteiger partial charge in [-0.05, 0) is 36.6 Å². The molecule has 0 atom stereocenters. The molecule has 0 aliphatic rings. The number of thioether (sulfide) groups is 1. The Labute approximate surface area is 166 Å². The monoisotopic (exact) mass is 392 g/mol. The lowest BCUT2D eigenvalue weighted by Gasteiger charge is -2.10. The molecule has 0 spiro atoms. The predicted molar refractivity (Wildman–Crippen MR) is 116 cm³/mol. The molecule has 3 nitrogen and oxygen atoms in total. The van der Waals surface area contributed by atoms with Crippen molar-refractivity contribution in [3.63, 3.8) is 0 Å². The lowest BCUT2D eigenvalue weighted by atomic mass is 10.1. The maximum atomic E-state index is 13.0. The topological polar surface area (TPSA) is 34.9 Å². The Kier molecular flexibility index (Phi) is 5.14. The number of hydrogen-bond donors (Lipinski definition) is 0. The summed E-state index contributed by atoms with van der Waals surface area (Å²) in [4.78, 5) is 18.9. The number of aromatic nitrogens is 2. The minimum atomic E-state index is 0.0574. The van der Waals surface area contributed by atoms with E-state index in [4.69, 9.17) is 4.98 Å². The molecule has 5 heteroatoms. The van der Waals surface area contributed by atoms with E-state index in [1.807, 2.05) is 37.3 Å². The largest absolute Gasteiger partial charge is 0.287 e. The lowest BCUT2D eigenvalue weighted by molar-refractivity contribution is 0.635. The van der Waals surface area contributed by atoms with E-state index in [1.54, 1.807) is 16.3 Å². The maximum Gasteiger partial charge on any atom is 0.272 e. The second-order valence-electron chi connectivity index (χ2n) is 6.35. The molecular formula is C22H20N2OS2. The SMILES string of the molecule is CCn1c(SCc2ccccc2C)nc2cc(-c3ccccc3)sc2c1=O. The highest BCUT2D eigenvalue weighted by atomic mass is 32.2. The first-order chi connectivity index (χ1) is 13.2. The van der Waals surface area contributed by atoms with Crippen molar-refractivity contribution in [3.05, 3.63) is 82.1 Å². The number of aryl methyl sites for hydroxylation is 1. The molecule has 0 saturated heterocycles. The van der Waals surface area contributed by atoms with E-state index in [1.165, 1.54) is 22.5 Å². The molecular weight excluding hydrogens is 372 g/mol. The zero-order chi connectivity index (χ0) is 18.8. The number of rotatable bonds is 5. The van der Waals surface area contributed by atoms with Gasteiger partial charge in [0.25, 0.3) is 5.56 Å². The van der Waals surface area contributed by atoms with Crippen LogP contribution in [0.15, 0.2) is 70.6 Å². The number of hydrogen-bond acceptors (Lipinski definition) is 4. The highest BCUT2D eigenvalue weighted by Crippen LogP contribution is 2.32. The van der Waals surface area contributed by atoms with Crippen LogP contribution in [-0.4, -0.2) is 9.55 Å². The summed E-state index contributed by atoms with van der Waals surface area (Å²) < 4.78 is 2.52. The molecule has 4 aromatic rings. The van der Waals surface area contributed by atoms with E-state index in [0.29, 0.717) is 6.54 Å². The molecule has 0 aliphatic carbocycles. The Morgan fingerprint density at radius 1 is 1.07 bits per heavy atom. The van der Waals surface area contributed by atoms with Crippen molar-refractivity contribution in [1.82, 2.24) is 9.55 Å². The van der Waals surface area contributed by atoms with E-state index in [2.05, 4.69) is 37.3 Å². The summed E-state index contributed by atoms with van der Waals surface area (Å²) in [5.74, 6) is 0.806. The van der Waals surface area contributed by atoms with E-state index in [0.717, 1.165) is 31.6 Å². The molecule has 0 fully saturated rings. The van der Waals surface area contributed by atoms with Crippen LogP contribution in [0.5, 0.6) is 0 Å². The molecule has 0 aliphatic heterocycles. The van der Waals surface area contributed by atoms with Crippen LogP contribution in [0.25, 0.3) is 20.7 Å². The van der Waals surface area contributed by atoms with Gasteiger partial charge in [0.1, 0.15) is 4.70 Å². The van der Waals surface area contributed by atoms with Crippen LogP contribution in [0.4, 0.5) is 0 Å². The predicted octanol–water partition coefficient (Wildman–Crippen LogP) is 5.75. The fourth-order valence-electron chi connectivity index (χ4n) is 3.04. The summed E-state index contributed by atoms with van der Waals surface area (Å²) in [5, 5.41) is 0.788. The van der Waals surface area contributed by atoms with Crippen LogP contribution >= 0.6 is 23.1 Å². The van der Waals surface area contributed by atoms with E-state index < -0.39 is 0 Å². The van der Waals surface area contributed by atoms with Crippen molar-refractivity contribution in [1.29, 1.82) is 0 Å². The first kappa shape index (κ1) is 18.0. The average molecular weight is 393 g/mol. The fraction of sp³-hybridized carbons (Fsp3) is 0.182. The molecule has 2 aromatic heterocycles. The zero-order valence-corrected chi connectivity index (χ0v) is 16.9. The van der Waals surface area contributed by atoms with Crippen LogP contribution in [-0.2, 0) is 12.3 Å². The van der Waals surface area contributed by atoms with Crippen LogP contribution < -0.4 is 5.56 Å². The molecule has 0 unspecified atom stereocenters. The van der Waals surface area contributed by atoms with Gasteiger partial charge in [0.05, 0.1) is 5.52 Å². The summed E-state index contributed by atoms with van der Waals surface area (Å²) in [7, 11) is 0. The van der Waals surface area contributed by atoms with Gasteiger partial charge in [-0.15, -0.1) is 11.3 Å². The van der Waals surface area contributed by atoms with Crippen molar-refractivity contribution in [2.45, 2.75) is 31.3 Å². The molecule has 4 rings (SSSR count). The molecule has 0 bridgehead atoms. The van der Waals surface area contributed by atoms with Gasteiger partial charge in [0.15, 0.2) is 5.16 Å². The van der Waals surface area contributed by atoms with E-state index >= 15 is 0 Å². The second-order valence-corrected chi connectivity index (χ2v) is 8.34. The van der Waals surface area contributed by atoms with Gasteiger partial charge in [-0.1, -0.05) is 66.4 Å². The fourth-order valence-corrected chi connectivity index (χ4v) is 5.23. The van der Waals surface area contributed by atoms with Gasteiger partial charge in [0.2, 0.25) is 0 Å². The molecule has 2 heterocycles. The Hall–Kier alpha value is -2.37. The standard InChI is InChI=1S/C22H20N2OS2/c1-3-24-21(25)20-18(13-19(27-20)16-10-5-4-6-11-16)23-22(24)26-14-17-12-8-7-9-15(17)2/h4-13H,3,14H2,1-2H3. The third-order valence-electron chi connectivity index (χ3n) is 4.59. The Morgan fingerprint density at radius 3 is 2.56 bits per heavy atom. The summed E-state index contributed by atoms with van der Waals surface area (Å²) in [5.41, 5.74) is 4.51. The van der Waals surface area contributed by atoms with Gasteiger partial charge >= 0.3 is 0 Å². The summed E-state index contributed by atoms with van der Waals surface area (Å²) >= 11 is 3.16. The highest BCUT2D eigenvalue weighted by Gasteiger charge is 2.15. The molecule has 0 N–H and O–H groups in total. The van der Waals surface area contributed by atoms with Crippen molar-refractivity contribution in [2.24, 2.45) is 0 Å². The van der Waals surface area contributed by atoms with Gasteiger partial charge < -0.3 is 0 Å². The Balaban J connectivity index is 1.74. The molecule has 0 radical (unpaired) electrons. The molecule has 2 aromatic carbocycles. The Bertz CT molecular complexity index is 1150. The molecule has 0 saturated carbocycles. The average Bonchev–Trinajstić information content (AvgIpc) is 3.13. The normalized spacial score (nSPS) is 11.2. The van der Waals surface area contributed by atoms with Gasteiger partial charge in [-0.2, -0.15) is 0 Å². The van der Waals surface area contributed by atoms with Crippen LogP contribution in [0.2, 0.25) is 0 Å². The van der Waals surface area contributed by atoms with Crippen LogP contribution in [0.1, 0.15) is 18.1 Å². The van der Waals surface area contributed by atoms with Crippen molar-refractivity contribution in [2.75, 3.05) is 0 Å². The smallest absolute Gasteiger partial charge is 0.272 e. The minimum absolute atomic E-state index is 0.0574. The number of nitrogens with zero attached hydrogens (tertiary/aromatic N) is 2. The van der Waals surface area contributed by atoms with Crippen molar-refractivity contribution in [3.8, 4) is 10.4 Å². The summed E-state index contributed by atoms with van der Waals surface area (Å²) in [6.07, 6.45) is 0. The quantitative estimate of drug-likeness (QED) is 0.321. The van der Waals surface area contributed by atoms with Crippen LogP contribution in [0.3, 0.4) is 0 Å². The highest BCUT2D eigenvalue weighted by molar-refractivity contribution is 7.98. The van der Waals surface area contributed by atoms with Crippen molar-refractivity contribution < 1.29 is 0 Å². The minimum Gasteiger partial charge on any atom is -0.287 e. The van der Waals surface area contributed by atoms with Gasteiger partial charge in [-0.3, -0.25) is 9.36 Å². The van der Waals surface area contributed by atoms with E-state index in [9.17, 15) is 4.79 Å². The van der Waals surface area contributed by atoms with Gasteiger partial charge in [0, 0.05) is 17.2 Å². The third-order valence-corrected chi connectivity index (χ3v) is 6.78. The molecule has 27 heavy (non-hydrogen) atoms.